The highest BCUT2D eigenvalue weighted by atomic mass is 16.2. The number of likely N-dealkylation sites (tertiary alicyclic amines) is 1. The predicted molar refractivity (Wildman–Crippen MR) is 65.2 cm³/mol. The van der Waals surface area contributed by atoms with Crippen molar-refractivity contribution in [2.75, 3.05) is 13.1 Å². The summed E-state index contributed by atoms with van der Waals surface area (Å²) >= 11 is 0. The Hall–Kier alpha value is -1.31. The van der Waals surface area contributed by atoms with Crippen LogP contribution in [0, 0.1) is 12.8 Å². The average molecular weight is 217 g/mol. The first-order valence-corrected chi connectivity index (χ1v) is 5.98. The van der Waals surface area contributed by atoms with E-state index < -0.39 is 0 Å². The molecule has 0 saturated carbocycles. The van der Waals surface area contributed by atoms with E-state index in [0.29, 0.717) is 12.3 Å². The van der Waals surface area contributed by atoms with Crippen LogP contribution in [0.25, 0.3) is 0 Å². The summed E-state index contributed by atoms with van der Waals surface area (Å²) in [6, 6.07) is 8.21. The molecule has 0 aliphatic carbocycles. The van der Waals surface area contributed by atoms with Gasteiger partial charge in [0.25, 0.3) is 0 Å². The van der Waals surface area contributed by atoms with Crippen LogP contribution in [0.5, 0.6) is 0 Å². The molecule has 0 N–H and O–H groups in total. The molecule has 0 bridgehead atoms. The molecule has 2 heteroatoms. The highest BCUT2D eigenvalue weighted by Crippen LogP contribution is 2.16. The molecular formula is C14H19NO. The van der Waals surface area contributed by atoms with Gasteiger partial charge in [0.15, 0.2) is 0 Å². The number of rotatable bonds is 2. The Morgan fingerprint density at radius 1 is 1.50 bits per heavy atom. The Morgan fingerprint density at radius 3 is 2.94 bits per heavy atom. The van der Waals surface area contributed by atoms with E-state index in [2.05, 4.69) is 26.0 Å². The molecular weight excluding hydrogens is 198 g/mol. The standard InChI is InChI=1S/C14H19NO/c1-11-4-3-5-13(8-11)9-14(16)15-7-6-12(2)10-15/h3-5,8,12H,6-7,9-10H2,1-2H3. The van der Waals surface area contributed by atoms with Crippen LogP contribution in [0.3, 0.4) is 0 Å². The summed E-state index contributed by atoms with van der Waals surface area (Å²) in [5.74, 6) is 0.941. The van der Waals surface area contributed by atoms with E-state index in [1.807, 2.05) is 17.0 Å². The van der Waals surface area contributed by atoms with Crippen molar-refractivity contribution < 1.29 is 4.79 Å². The van der Waals surface area contributed by atoms with Gasteiger partial charge in [-0.2, -0.15) is 0 Å². The van der Waals surface area contributed by atoms with Gasteiger partial charge in [0.05, 0.1) is 6.42 Å². The second kappa shape index (κ2) is 4.69. The Bertz CT molecular complexity index is 386. The first-order chi connectivity index (χ1) is 7.65. The van der Waals surface area contributed by atoms with Crippen molar-refractivity contribution in [3.05, 3.63) is 35.4 Å². The van der Waals surface area contributed by atoms with Gasteiger partial charge in [-0.3, -0.25) is 4.79 Å². The van der Waals surface area contributed by atoms with Gasteiger partial charge in [-0.15, -0.1) is 0 Å². The molecule has 1 aliphatic rings. The fourth-order valence-corrected chi connectivity index (χ4v) is 2.27. The van der Waals surface area contributed by atoms with E-state index in [4.69, 9.17) is 0 Å². The zero-order chi connectivity index (χ0) is 11.5. The van der Waals surface area contributed by atoms with Crippen LogP contribution in [-0.2, 0) is 11.2 Å². The monoisotopic (exact) mass is 217 g/mol. The molecule has 1 unspecified atom stereocenters. The van der Waals surface area contributed by atoms with Crippen molar-refractivity contribution >= 4 is 5.91 Å². The van der Waals surface area contributed by atoms with Gasteiger partial charge in [0.1, 0.15) is 0 Å². The zero-order valence-electron chi connectivity index (χ0n) is 10.1. The molecule has 2 rings (SSSR count). The number of hydrogen-bond donors (Lipinski definition) is 0. The molecule has 1 atom stereocenters. The van der Waals surface area contributed by atoms with E-state index in [0.717, 1.165) is 25.1 Å². The normalized spacial score (nSPS) is 20.1. The van der Waals surface area contributed by atoms with Gasteiger partial charge in [0, 0.05) is 13.1 Å². The Balaban J connectivity index is 1.97. The molecule has 2 nitrogen and oxygen atoms in total. The number of amides is 1. The van der Waals surface area contributed by atoms with Crippen LogP contribution in [0.2, 0.25) is 0 Å². The number of nitrogens with zero attached hydrogens (tertiary/aromatic N) is 1. The second-order valence-electron chi connectivity index (χ2n) is 4.90. The second-order valence-corrected chi connectivity index (χ2v) is 4.90. The van der Waals surface area contributed by atoms with Crippen LogP contribution in [0.4, 0.5) is 0 Å². The Labute approximate surface area is 97.3 Å². The molecule has 1 saturated heterocycles. The summed E-state index contributed by atoms with van der Waals surface area (Å²) in [7, 11) is 0. The third kappa shape index (κ3) is 2.63. The Morgan fingerprint density at radius 2 is 2.31 bits per heavy atom. The van der Waals surface area contributed by atoms with E-state index in [-0.39, 0.29) is 5.91 Å². The predicted octanol–water partition coefficient (Wildman–Crippen LogP) is 2.41. The maximum absolute atomic E-state index is 12.0. The van der Waals surface area contributed by atoms with Crippen LogP contribution >= 0.6 is 0 Å². The molecule has 1 aromatic rings. The van der Waals surface area contributed by atoms with Crippen molar-refractivity contribution in [1.29, 1.82) is 0 Å². The first-order valence-electron chi connectivity index (χ1n) is 5.98. The van der Waals surface area contributed by atoms with Crippen molar-refractivity contribution in [3.8, 4) is 0 Å². The molecule has 16 heavy (non-hydrogen) atoms. The lowest BCUT2D eigenvalue weighted by atomic mass is 10.1. The van der Waals surface area contributed by atoms with E-state index >= 15 is 0 Å². The molecule has 0 radical (unpaired) electrons. The highest BCUT2D eigenvalue weighted by molar-refractivity contribution is 5.79. The van der Waals surface area contributed by atoms with Gasteiger partial charge in [-0.05, 0) is 24.8 Å². The largest absolute Gasteiger partial charge is 0.342 e. The summed E-state index contributed by atoms with van der Waals surface area (Å²) in [5.41, 5.74) is 2.35. The minimum absolute atomic E-state index is 0.273. The highest BCUT2D eigenvalue weighted by Gasteiger charge is 2.22. The van der Waals surface area contributed by atoms with E-state index in [1.54, 1.807) is 0 Å². The van der Waals surface area contributed by atoms with Gasteiger partial charge in [-0.1, -0.05) is 36.8 Å². The minimum Gasteiger partial charge on any atom is -0.342 e. The van der Waals surface area contributed by atoms with Gasteiger partial charge in [0.2, 0.25) is 5.91 Å². The first kappa shape index (κ1) is 11.2. The lowest BCUT2D eigenvalue weighted by Gasteiger charge is -2.15. The third-order valence-electron chi connectivity index (χ3n) is 3.21. The molecule has 1 heterocycles. The molecule has 1 aromatic carbocycles. The van der Waals surface area contributed by atoms with Crippen molar-refractivity contribution in [3.63, 3.8) is 0 Å². The smallest absolute Gasteiger partial charge is 0.226 e. The zero-order valence-corrected chi connectivity index (χ0v) is 10.1. The third-order valence-corrected chi connectivity index (χ3v) is 3.21. The SMILES string of the molecule is Cc1cccc(CC(=O)N2CCC(C)C2)c1. The lowest BCUT2D eigenvalue weighted by Crippen LogP contribution is -2.29. The number of benzene rings is 1. The Kier molecular flexibility index (Phi) is 3.28. The topological polar surface area (TPSA) is 20.3 Å². The van der Waals surface area contributed by atoms with Crippen molar-refractivity contribution in [1.82, 2.24) is 4.90 Å². The molecule has 1 aliphatic heterocycles. The van der Waals surface area contributed by atoms with Gasteiger partial charge < -0.3 is 4.90 Å². The molecule has 0 spiro atoms. The summed E-state index contributed by atoms with van der Waals surface area (Å²) in [4.78, 5) is 14.0. The fourth-order valence-electron chi connectivity index (χ4n) is 2.27. The van der Waals surface area contributed by atoms with Crippen LogP contribution in [0.15, 0.2) is 24.3 Å². The maximum Gasteiger partial charge on any atom is 0.226 e. The van der Waals surface area contributed by atoms with Gasteiger partial charge in [-0.25, -0.2) is 0 Å². The van der Waals surface area contributed by atoms with Crippen molar-refractivity contribution in [2.45, 2.75) is 26.7 Å². The number of aryl methyl sites for hydroxylation is 1. The minimum atomic E-state index is 0.273. The summed E-state index contributed by atoms with van der Waals surface area (Å²) in [6.07, 6.45) is 1.70. The average Bonchev–Trinajstić information content (AvgIpc) is 2.65. The number of hydrogen-bond acceptors (Lipinski definition) is 1. The maximum atomic E-state index is 12.0. The fraction of sp³-hybridized carbons (Fsp3) is 0.500. The van der Waals surface area contributed by atoms with Crippen LogP contribution < -0.4 is 0 Å². The van der Waals surface area contributed by atoms with Gasteiger partial charge >= 0.3 is 0 Å². The van der Waals surface area contributed by atoms with Crippen LogP contribution in [0.1, 0.15) is 24.5 Å². The molecule has 0 aromatic heterocycles. The lowest BCUT2D eigenvalue weighted by molar-refractivity contribution is -0.129. The molecule has 1 fully saturated rings. The number of carbonyl (C=O) groups excluding carboxylic acids is 1. The van der Waals surface area contributed by atoms with E-state index in [9.17, 15) is 4.79 Å². The van der Waals surface area contributed by atoms with Crippen LogP contribution in [-0.4, -0.2) is 23.9 Å². The summed E-state index contributed by atoms with van der Waals surface area (Å²) < 4.78 is 0. The number of carbonyl (C=O) groups is 1. The molecule has 86 valence electrons. The van der Waals surface area contributed by atoms with Crippen molar-refractivity contribution in [2.24, 2.45) is 5.92 Å². The summed E-state index contributed by atoms with van der Waals surface area (Å²) in [5, 5.41) is 0. The quantitative estimate of drug-likeness (QED) is 0.745. The molecule has 1 amide bonds. The summed E-state index contributed by atoms with van der Waals surface area (Å²) in [6.45, 7) is 6.14. The van der Waals surface area contributed by atoms with E-state index in [1.165, 1.54) is 5.56 Å².